The standard InChI is InChI=1S/C25H16O6/c26-16-5-1-12-3-7-18-22-20(12)14(16)9-15-17(27)6-2-13-4-8-19-23(21(13)15)25(22)24(30-18,31-19)10-28-11-29-25/h1-8,26-27H,9-11H2. The number of phenols is 2. The fourth-order valence-corrected chi connectivity index (χ4v) is 6.07. The van der Waals surface area contributed by atoms with Gasteiger partial charge in [0.1, 0.15) is 36.4 Å². The zero-order valence-electron chi connectivity index (χ0n) is 16.3. The Bertz CT molecular complexity index is 1400. The normalized spacial score (nSPS) is 26.5. The van der Waals surface area contributed by atoms with E-state index in [9.17, 15) is 10.2 Å². The van der Waals surface area contributed by atoms with E-state index in [1.54, 1.807) is 12.1 Å². The molecule has 0 radical (unpaired) electrons. The summed E-state index contributed by atoms with van der Waals surface area (Å²) in [6.07, 6.45) is 0.374. The molecule has 1 fully saturated rings. The van der Waals surface area contributed by atoms with Crippen LogP contribution >= 0.6 is 0 Å². The van der Waals surface area contributed by atoms with Gasteiger partial charge < -0.3 is 29.2 Å². The highest BCUT2D eigenvalue weighted by Gasteiger charge is 2.73. The van der Waals surface area contributed by atoms with Crippen molar-refractivity contribution in [3.05, 3.63) is 70.8 Å². The van der Waals surface area contributed by atoms with Crippen LogP contribution in [0.25, 0.3) is 21.5 Å². The number of rotatable bonds is 0. The van der Waals surface area contributed by atoms with Gasteiger partial charge >= 0.3 is 5.79 Å². The quantitative estimate of drug-likeness (QED) is 0.454. The predicted molar refractivity (Wildman–Crippen MR) is 111 cm³/mol. The number of hydrogen-bond donors (Lipinski definition) is 2. The summed E-state index contributed by atoms with van der Waals surface area (Å²) < 4.78 is 25.2. The molecule has 0 aromatic heterocycles. The summed E-state index contributed by atoms with van der Waals surface area (Å²) in [5.41, 5.74) is 2.13. The predicted octanol–water partition coefficient (Wildman–Crippen LogP) is 4.04. The van der Waals surface area contributed by atoms with Gasteiger partial charge in [-0.2, -0.15) is 0 Å². The minimum atomic E-state index is -1.21. The number of hydrogen-bond acceptors (Lipinski definition) is 6. The Balaban J connectivity index is 1.69. The van der Waals surface area contributed by atoms with Gasteiger partial charge in [-0.1, -0.05) is 24.3 Å². The Morgan fingerprint density at radius 3 is 1.84 bits per heavy atom. The van der Waals surface area contributed by atoms with Crippen LogP contribution in [-0.4, -0.2) is 29.4 Å². The summed E-state index contributed by atoms with van der Waals surface area (Å²) >= 11 is 0. The average Bonchev–Trinajstić information content (AvgIpc) is 3.22. The highest BCUT2D eigenvalue weighted by Crippen LogP contribution is 2.66. The van der Waals surface area contributed by atoms with Crippen LogP contribution in [0.1, 0.15) is 22.3 Å². The minimum Gasteiger partial charge on any atom is -0.508 e. The first kappa shape index (κ1) is 16.2. The van der Waals surface area contributed by atoms with Crippen LogP contribution in [0.3, 0.4) is 0 Å². The molecule has 0 saturated carbocycles. The molecule has 6 heteroatoms. The van der Waals surface area contributed by atoms with Crippen LogP contribution in [0.15, 0.2) is 48.5 Å². The summed E-state index contributed by atoms with van der Waals surface area (Å²) in [7, 11) is 0. The van der Waals surface area contributed by atoms with Crippen molar-refractivity contribution in [2.24, 2.45) is 0 Å². The molecule has 1 spiro atoms. The highest BCUT2D eigenvalue weighted by atomic mass is 16.8. The summed E-state index contributed by atoms with van der Waals surface area (Å²) in [5, 5.41) is 25.5. The second kappa shape index (κ2) is 4.88. The Morgan fingerprint density at radius 2 is 1.26 bits per heavy atom. The van der Waals surface area contributed by atoms with E-state index in [-0.39, 0.29) is 24.9 Å². The maximum atomic E-state index is 10.9. The summed E-state index contributed by atoms with van der Waals surface area (Å²) in [4.78, 5) is 0. The summed E-state index contributed by atoms with van der Waals surface area (Å²) in [6, 6.07) is 15.0. The molecule has 3 heterocycles. The molecule has 1 aliphatic carbocycles. The van der Waals surface area contributed by atoms with Crippen molar-refractivity contribution in [3.8, 4) is 23.0 Å². The smallest absolute Gasteiger partial charge is 0.313 e. The van der Waals surface area contributed by atoms with Crippen molar-refractivity contribution in [2.45, 2.75) is 17.8 Å². The number of aromatic hydroxyl groups is 2. The Labute approximate surface area is 176 Å². The molecular formula is C25H16O6. The maximum absolute atomic E-state index is 10.9. The molecule has 1 saturated heterocycles. The first-order chi connectivity index (χ1) is 15.1. The van der Waals surface area contributed by atoms with Gasteiger partial charge in [0.15, 0.2) is 0 Å². The zero-order valence-corrected chi connectivity index (χ0v) is 16.3. The van der Waals surface area contributed by atoms with E-state index in [1.165, 1.54) is 0 Å². The van der Waals surface area contributed by atoms with E-state index in [0.717, 1.165) is 43.8 Å². The Kier molecular flexibility index (Phi) is 2.55. The fraction of sp³-hybridized carbons (Fsp3) is 0.200. The van der Waals surface area contributed by atoms with Crippen LogP contribution < -0.4 is 9.47 Å². The molecule has 4 aromatic rings. The SMILES string of the molecule is Oc1ccc2ccc3c4c2c1Cc1c(O)ccc2ccc5c(c12)C41OCOCC1(O3)O5. The van der Waals surface area contributed by atoms with Crippen molar-refractivity contribution in [1.82, 2.24) is 0 Å². The second-order valence-electron chi connectivity index (χ2n) is 8.63. The van der Waals surface area contributed by atoms with Gasteiger partial charge in [0, 0.05) is 28.7 Å². The van der Waals surface area contributed by atoms with Gasteiger partial charge in [-0.3, -0.25) is 0 Å². The van der Waals surface area contributed by atoms with E-state index in [2.05, 4.69) is 0 Å². The Morgan fingerprint density at radius 1 is 0.710 bits per heavy atom. The molecule has 8 rings (SSSR count). The highest BCUT2D eigenvalue weighted by molar-refractivity contribution is 6.01. The van der Waals surface area contributed by atoms with Crippen molar-refractivity contribution in [1.29, 1.82) is 0 Å². The molecule has 0 amide bonds. The molecule has 2 N–H and O–H groups in total. The van der Waals surface area contributed by atoms with Crippen molar-refractivity contribution >= 4 is 21.5 Å². The van der Waals surface area contributed by atoms with Gasteiger partial charge in [-0.05, 0) is 45.8 Å². The van der Waals surface area contributed by atoms with Crippen LogP contribution in [-0.2, 0) is 21.5 Å². The molecule has 6 nitrogen and oxygen atoms in total. The lowest BCUT2D eigenvalue weighted by atomic mass is 9.74. The minimum absolute atomic E-state index is 0.0857. The molecular weight excluding hydrogens is 396 g/mol. The first-order valence-electron chi connectivity index (χ1n) is 10.3. The number of ether oxygens (including phenoxy) is 4. The first-order valence-corrected chi connectivity index (χ1v) is 10.3. The van der Waals surface area contributed by atoms with E-state index in [1.807, 2.05) is 36.4 Å². The zero-order chi connectivity index (χ0) is 20.5. The lowest BCUT2D eigenvalue weighted by molar-refractivity contribution is -0.308. The molecule has 31 heavy (non-hydrogen) atoms. The summed E-state index contributed by atoms with van der Waals surface area (Å²) in [6.45, 7) is 0.282. The van der Waals surface area contributed by atoms with Crippen LogP contribution in [0.2, 0.25) is 0 Å². The van der Waals surface area contributed by atoms with Crippen LogP contribution in [0.4, 0.5) is 0 Å². The number of phenolic OH excluding ortho intramolecular Hbond substituents is 2. The largest absolute Gasteiger partial charge is 0.508 e. The van der Waals surface area contributed by atoms with Gasteiger partial charge in [0.2, 0.25) is 5.60 Å². The summed E-state index contributed by atoms with van der Waals surface area (Å²) in [5.74, 6) is 0.474. The molecule has 152 valence electrons. The Hall–Kier alpha value is -3.48. The van der Waals surface area contributed by atoms with Gasteiger partial charge in [-0.25, -0.2) is 0 Å². The van der Waals surface area contributed by atoms with E-state index >= 15 is 0 Å². The van der Waals surface area contributed by atoms with Gasteiger partial charge in [0.25, 0.3) is 0 Å². The van der Waals surface area contributed by atoms with Crippen molar-refractivity contribution < 1.29 is 29.2 Å². The maximum Gasteiger partial charge on any atom is 0.313 e. The van der Waals surface area contributed by atoms with Gasteiger partial charge in [-0.15, -0.1) is 0 Å². The van der Waals surface area contributed by atoms with Crippen LogP contribution in [0, 0.1) is 0 Å². The van der Waals surface area contributed by atoms with Crippen molar-refractivity contribution in [3.63, 3.8) is 0 Å². The number of benzene rings is 4. The molecule has 0 unspecified atom stereocenters. The van der Waals surface area contributed by atoms with Crippen LogP contribution in [0.5, 0.6) is 23.0 Å². The average molecular weight is 412 g/mol. The molecule has 0 bridgehead atoms. The molecule has 4 aliphatic rings. The molecule has 4 aromatic carbocycles. The third kappa shape index (κ3) is 1.58. The third-order valence-electron chi connectivity index (χ3n) is 7.26. The topological polar surface area (TPSA) is 77.4 Å². The van der Waals surface area contributed by atoms with Crippen molar-refractivity contribution in [2.75, 3.05) is 13.4 Å². The van der Waals surface area contributed by atoms with E-state index in [4.69, 9.17) is 18.9 Å². The lowest BCUT2D eigenvalue weighted by Gasteiger charge is -2.41. The lowest BCUT2D eigenvalue weighted by Crippen LogP contribution is -2.60. The molecule has 3 aliphatic heterocycles. The van der Waals surface area contributed by atoms with Gasteiger partial charge in [0.05, 0.1) is 0 Å². The second-order valence-corrected chi connectivity index (χ2v) is 8.63. The van der Waals surface area contributed by atoms with E-state index in [0.29, 0.717) is 17.9 Å². The molecule has 0 atom stereocenters. The monoisotopic (exact) mass is 412 g/mol. The third-order valence-corrected chi connectivity index (χ3v) is 7.26. The van der Waals surface area contributed by atoms with E-state index < -0.39 is 11.4 Å². The fourth-order valence-electron chi connectivity index (χ4n) is 6.07.